The Labute approximate surface area is 199 Å². The number of carboxylic acids is 1. The molecule has 1 aliphatic heterocycles. The van der Waals surface area contributed by atoms with Crippen LogP contribution in [0.25, 0.3) is 0 Å². The van der Waals surface area contributed by atoms with Gasteiger partial charge < -0.3 is 19.5 Å². The fourth-order valence-corrected chi connectivity index (χ4v) is 4.88. The van der Waals surface area contributed by atoms with Gasteiger partial charge in [-0.15, -0.1) is 0 Å². The fourth-order valence-electron chi connectivity index (χ4n) is 3.89. The van der Waals surface area contributed by atoms with Crippen molar-refractivity contribution in [3.8, 4) is 11.5 Å². The maximum Gasteiger partial charge on any atom is 0.323 e. The van der Waals surface area contributed by atoms with Gasteiger partial charge in [0.1, 0.15) is 30.3 Å². The number of aliphatic carboxylic acids is 1. The molecule has 9 nitrogen and oxygen atoms in total. The summed E-state index contributed by atoms with van der Waals surface area (Å²) >= 11 is 0. The normalized spacial score (nSPS) is 16.9. The number of sulfonamides is 1. The van der Waals surface area contributed by atoms with Gasteiger partial charge >= 0.3 is 5.97 Å². The molecule has 2 aromatic carbocycles. The molecule has 2 aromatic rings. The molecule has 10 heteroatoms. The monoisotopic (exact) mass is 490 g/mol. The van der Waals surface area contributed by atoms with Crippen LogP contribution in [0.15, 0.2) is 48.5 Å². The van der Waals surface area contributed by atoms with Crippen molar-refractivity contribution in [1.29, 1.82) is 0 Å². The number of carboxylic acid groups (broad SMARTS) is 1. The maximum atomic E-state index is 12.8. The van der Waals surface area contributed by atoms with E-state index >= 15 is 0 Å². The molecule has 1 amide bonds. The van der Waals surface area contributed by atoms with Crippen molar-refractivity contribution in [2.24, 2.45) is 0 Å². The molecule has 1 unspecified atom stereocenters. The summed E-state index contributed by atoms with van der Waals surface area (Å²) in [5.41, 5.74) is 0.881. The number of carbonyl (C=O) groups is 2. The summed E-state index contributed by atoms with van der Waals surface area (Å²) in [6.07, 6.45) is 1.33. The van der Waals surface area contributed by atoms with Gasteiger partial charge in [-0.2, -0.15) is 4.31 Å². The lowest BCUT2D eigenvalue weighted by atomic mass is 9.89. The van der Waals surface area contributed by atoms with Gasteiger partial charge in [-0.25, -0.2) is 8.42 Å². The van der Waals surface area contributed by atoms with E-state index < -0.39 is 46.6 Å². The zero-order valence-electron chi connectivity index (χ0n) is 19.7. The predicted molar refractivity (Wildman–Crippen MR) is 126 cm³/mol. The molecule has 0 aromatic heterocycles. The number of likely N-dealkylation sites (N-methyl/N-ethyl adjacent to an activating group) is 1. The van der Waals surface area contributed by atoms with Gasteiger partial charge in [0.2, 0.25) is 15.9 Å². The van der Waals surface area contributed by atoms with Gasteiger partial charge in [0.05, 0.1) is 18.8 Å². The van der Waals surface area contributed by atoms with E-state index in [1.165, 1.54) is 7.05 Å². The highest BCUT2D eigenvalue weighted by Gasteiger charge is 2.41. The Hall–Kier alpha value is -3.11. The standard InChI is InChI=1S/C24H30N2O7S/c1-24(2)13-20(26(34(4,30)31)14-22(27)25(3)15-23(28)29)19-12-18(10-11-21(19)33-24)32-16-17-8-6-5-7-9-17/h5-12,20H,13-16H2,1-4H3,(H,28,29). The van der Waals surface area contributed by atoms with Crippen molar-refractivity contribution in [3.63, 3.8) is 0 Å². The third-order valence-corrected chi connectivity index (χ3v) is 6.76. The molecule has 184 valence electrons. The molecule has 3 rings (SSSR count). The van der Waals surface area contributed by atoms with Crippen LogP contribution in [0.2, 0.25) is 0 Å². The minimum Gasteiger partial charge on any atom is -0.489 e. The summed E-state index contributed by atoms with van der Waals surface area (Å²) in [5, 5.41) is 8.98. The molecule has 1 N–H and O–H groups in total. The Balaban J connectivity index is 1.93. The lowest BCUT2D eigenvalue weighted by Gasteiger charge is -2.41. The minimum atomic E-state index is -3.84. The second-order valence-corrected chi connectivity index (χ2v) is 10.9. The molecule has 0 saturated heterocycles. The largest absolute Gasteiger partial charge is 0.489 e. The SMILES string of the molecule is CN(CC(=O)O)C(=O)CN(C1CC(C)(C)Oc2ccc(OCc3ccccc3)cc21)S(C)(=O)=O. The molecule has 0 aliphatic carbocycles. The summed E-state index contributed by atoms with van der Waals surface area (Å²) in [5.74, 6) is -0.748. The van der Waals surface area contributed by atoms with Gasteiger partial charge in [0.25, 0.3) is 0 Å². The maximum absolute atomic E-state index is 12.8. The quantitative estimate of drug-likeness (QED) is 0.575. The van der Waals surface area contributed by atoms with Crippen LogP contribution in [-0.2, 0) is 26.2 Å². The summed E-state index contributed by atoms with van der Waals surface area (Å²) in [6.45, 7) is 3.02. The highest BCUT2D eigenvalue weighted by molar-refractivity contribution is 7.88. The molecule has 0 saturated carbocycles. The van der Waals surface area contributed by atoms with Crippen LogP contribution in [0.3, 0.4) is 0 Å². The minimum absolute atomic E-state index is 0.297. The molecule has 1 aliphatic rings. The first-order valence-corrected chi connectivity index (χ1v) is 12.6. The number of fused-ring (bicyclic) bond motifs is 1. The molecule has 0 bridgehead atoms. The number of ether oxygens (including phenoxy) is 2. The van der Waals surface area contributed by atoms with E-state index in [1.54, 1.807) is 18.2 Å². The third kappa shape index (κ3) is 6.48. The Morgan fingerprint density at radius 2 is 1.82 bits per heavy atom. The molecule has 1 atom stereocenters. The van der Waals surface area contributed by atoms with Crippen LogP contribution < -0.4 is 9.47 Å². The van der Waals surface area contributed by atoms with Crippen LogP contribution in [-0.4, -0.2) is 66.6 Å². The molecule has 34 heavy (non-hydrogen) atoms. The number of rotatable bonds is 9. The summed E-state index contributed by atoms with van der Waals surface area (Å²) in [4.78, 5) is 24.7. The predicted octanol–water partition coefficient (Wildman–Crippen LogP) is 2.67. The number of nitrogens with zero attached hydrogens (tertiary/aromatic N) is 2. The summed E-state index contributed by atoms with van der Waals surface area (Å²) in [6, 6.07) is 14.2. The Kier molecular flexibility index (Phi) is 7.52. The molecule has 1 heterocycles. The molecule has 0 fully saturated rings. The second kappa shape index (κ2) is 10.0. The zero-order valence-corrected chi connectivity index (χ0v) is 20.5. The van der Waals surface area contributed by atoms with Crippen molar-refractivity contribution in [2.45, 2.75) is 38.5 Å². The second-order valence-electron chi connectivity index (χ2n) is 9.01. The van der Waals surface area contributed by atoms with Crippen molar-refractivity contribution in [3.05, 3.63) is 59.7 Å². The fraction of sp³-hybridized carbons (Fsp3) is 0.417. The summed E-state index contributed by atoms with van der Waals surface area (Å²) < 4.78 is 38.7. The lowest BCUT2D eigenvalue weighted by Crippen LogP contribution is -2.47. The molecule has 0 spiro atoms. The summed E-state index contributed by atoms with van der Waals surface area (Å²) in [7, 11) is -2.51. The van der Waals surface area contributed by atoms with E-state index in [4.69, 9.17) is 14.6 Å². The van der Waals surface area contributed by atoms with Gasteiger partial charge in [0, 0.05) is 19.0 Å². The van der Waals surface area contributed by atoms with Crippen LogP contribution >= 0.6 is 0 Å². The van der Waals surface area contributed by atoms with Crippen molar-refractivity contribution < 1.29 is 32.6 Å². The van der Waals surface area contributed by atoms with E-state index in [-0.39, 0.29) is 0 Å². The molecule has 0 radical (unpaired) electrons. The van der Waals surface area contributed by atoms with Crippen LogP contribution in [0.4, 0.5) is 0 Å². The van der Waals surface area contributed by atoms with Gasteiger partial charge in [-0.1, -0.05) is 30.3 Å². The number of hydrogen-bond acceptors (Lipinski definition) is 6. The van der Waals surface area contributed by atoms with E-state index in [2.05, 4.69) is 0 Å². The lowest BCUT2D eigenvalue weighted by molar-refractivity contribution is -0.143. The Bertz CT molecular complexity index is 1150. The van der Waals surface area contributed by atoms with Crippen LogP contribution in [0.5, 0.6) is 11.5 Å². The highest BCUT2D eigenvalue weighted by atomic mass is 32.2. The van der Waals surface area contributed by atoms with Crippen molar-refractivity contribution in [2.75, 3.05) is 26.4 Å². The first kappa shape index (κ1) is 25.5. The number of carbonyl (C=O) groups excluding carboxylic acids is 1. The first-order valence-electron chi connectivity index (χ1n) is 10.8. The zero-order chi connectivity index (χ0) is 25.1. The van der Waals surface area contributed by atoms with E-state index in [0.717, 1.165) is 21.0 Å². The third-order valence-electron chi connectivity index (χ3n) is 5.52. The first-order chi connectivity index (χ1) is 15.9. The number of hydrogen-bond donors (Lipinski definition) is 1. The van der Waals surface area contributed by atoms with Gasteiger partial charge in [-0.05, 0) is 37.6 Å². The van der Waals surface area contributed by atoms with Gasteiger partial charge in [0.15, 0.2) is 0 Å². The number of amides is 1. The van der Waals surface area contributed by atoms with Crippen LogP contribution in [0.1, 0.15) is 37.4 Å². The Morgan fingerprint density at radius 3 is 2.44 bits per heavy atom. The molecular weight excluding hydrogens is 460 g/mol. The average molecular weight is 491 g/mol. The van der Waals surface area contributed by atoms with E-state index in [1.807, 2.05) is 44.2 Å². The van der Waals surface area contributed by atoms with Gasteiger partial charge in [-0.3, -0.25) is 9.59 Å². The topological polar surface area (TPSA) is 113 Å². The smallest absolute Gasteiger partial charge is 0.323 e. The van der Waals surface area contributed by atoms with Crippen molar-refractivity contribution >= 4 is 21.9 Å². The molecular formula is C24H30N2O7S. The Morgan fingerprint density at radius 1 is 1.15 bits per heavy atom. The van der Waals surface area contributed by atoms with E-state index in [0.29, 0.717) is 30.1 Å². The van der Waals surface area contributed by atoms with E-state index in [9.17, 15) is 18.0 Å². The van der Waals surface area contributed by atoms with Crippen molar-refractivity contribution in [1.82, 2.24) is 9.21 Å². The average Bonchev–Trinajstić information content (AvgIpc) is 2.74. The van der Waals surface area contributed by atoms with Crippen LogP contribution in [0, 0.1) is 0 Å². The highest BCUT2D eigenvalue weighted by Crippen LogP contribution is 2.44. The number of benzene rings is 2.